The summed E-state index contributed by atoms with van der Waals surface area (Å²) in [6.45, 7) is 19.8. The van der Waals surface area contributed by atoms with Crippen molar-refractivity contribution in [2.75, 3.05) is 93.8 Å². The summed E-state index contributed by atoms with van der Waals surface area (Å²) in [4.78, 5) is 157. The van der Waals surface area contributed by atoms with Crippen LogP contribution in [-0.2, 0) is 79.9 Å². The standard InChI is InChI=1S/C75H120N10O15/c1-17-49(8)69(83(14)74(95)58(46(2)3)41-62(88)68(48(6)7)82(12)13)63(97-15)42-65(90)85-33-22-26-59(85)70(98-16)51(10)60(86)40-56(38-52-23-19-18-20-24-52)72(93)79-43-53-27-29-57(30-28-53)80-73(94)54(25-21-32-78-75(76)96)39-61(87)67(47(4)5)81-64(89)44-99-35-36-100-45-66(91)84-34-31-55(37-50(84)9)71(92)77-11/h18-20,23-24,27-30,46-51,54-56,58-59,63,67-70H,17,21-22,25-26,31-45H2,1-16H3,(H,77,92)(H,79,93)(H,80,94)(H,81,89)(H3,76,78,96)/t49-,50?,51-,54+,55?,56+,58-,59-,63+,67-,68-,69-,70+/m0/s1. The summed E-state index contributed by atoms with van der Waals surface area (Å²) < 4.78 is 23.3. The molecule has 560 valence electrons. The molecule has 13 atom stereocenters. The van der Waals surface area contributed by atoms with E-state index in [9.17, 15) is 52.7 Å². The molecular formula is C75H120N10O15. The van der Waals surface area contributed by atoms with Crippen molar-refractivity contribution in [2.24, 2.45) is 59.0 Å². The minimum absolute atomic E-state index is 0.00203. The maximum absolute atomic E-state index is 14.7. The first kappa shape index (κ1) is 85.2. The van der Waals surface area contributed by atoms with E-state index < -0.39 is 71.9 Å². The number of nitrogens with zero attached hydrogens (tertiary/aromatic N) is 4. The number of piperidine rings is 1. The number of nitrogens with one attached hydrogen (secondary N) is 5. The SMILES string of the molecule is CC[C@H](C)[C@@H]([C@@H](CC(=O)N1CCC[C@H]1[C@H](OC)[C@@H](C)C(=O)C[C@@H](Cc1ccccc1)C(=O)NCc1ccc(NC(=O)[C@H](CCCNC(N)=O)CC(=O)[C@@H](NC(=O)COCCOCC(=O)N2CCC(C(=O)NC)CC2C)C(C)C)cc1)OC)N(C)C(=O)[C@@H](CC(=O)[C@H](C(C)C)N(C)C)C(C)C. The van der Waals surface area contributed by atoms with Gasteiger partial charge in [-0.05, 0) is 113 Å². The van der Waals surface area contributed by atoms with Crippen molar-refractivity contribution in [3.05, 3.63) is 65.7 Å². The molecule has 0 aromatic heterocycles. The van der Waals surface area contributed by atoms with Gasteiger partial charge in [-0.1, -0.05) is 111 Å². The van der Waals surface area contributed by atoms with E-state index in [0.717, 1.165) is 5.56 Å². The Balaban J connectivity index is 1.39. The van der Waals surface area contributed by atoms with Crippen LogP contribution < -0.4 is 32.3 Å². The van der Waals surface area contributed by atoms with Crippen LogP contribution >= 0.6 is 0 Å². The highest BCUT2D eigenvalue weighted by molar-refractivity contribution is 5.98. The van der Waals surface area contributed by atoms with Gasteiger partial charge < -0.3 is 66.0 Å². The Hall–Kier alpha value is -7.19. The molecule has 100 heavy (non-hydrogen) atoms. The van der Waals surface area contributed by atoms with Gasteiger partial charge in [0, 0.05) is 115 Å². The number of carbonyl (C=O) groups excluding carboxylic acids is 11. The van der Waals surface area contributed by atoms with Crippen LogP contribution in [0.1, 0.15) is 151 Å². The number of Topliss-reactive ketones (excluding diaryl/α,β-unsaturated/α-hetero) is 3. The molecule has 0 bridgehead atoms. The lowest BCUT2D eigenvalue weighted by atomic mass is 9.83. The van der Waals surface area contributed by atoms with E-state index in [1.54, 1.807) is 80.9 Å². The molecule has 2 aliphatic rings. The van der Waals surface area contributed by atoms with Crippen LogP contribution in [0.15, 0.2) is 54.6 Å². The molecule has 9 amide bonds. The number of nitrogens with two attached hydrogens (primary N) is 1. The summed E-state index contributed by atoms with van der Waals surface area (Å²) in [7, 11) is 10.2. The number of hydrogen-bond acceptors (Lipinski definition) is 16. The Morgan fingerprint density at radius 3 is 1.90 bits per heavy atom. The van der Waals surface area contributed by atoms with Crippen LogP contribution in [0, 0.1) is 53.3 Å². The maximum Gasteiger partial charge on any atom is 0.312 e. The van der Waals surface area contributed by atoms with Gasteiger partial charge in [-0.25, -0.2) is 4.79 Å². The lowest BCUT2D eigenvalue weighted by molar-refractivity contribution is -0.149. The Morgan fingerprint density at radius 1 is 0.680 bits per heavy atom. The van der Waals surface area contributed by atoms with Crippen LogP contribution in [0.3, 0.4) is 0 Å². The first-order valence-corrected chi connectivity index (χ1v) is 36.0. The predicted molar refractivity (Wildman–Crippen MR) is 383 cm³/mol. The fourth-order valence-electron chi connectivity index (χ4n) is 14.3. The van der Waals surface area contributed by atoms with Gasteiger partial charge in [0.15, 0.2) is 11.6 Å². The molecule has 7 N–H and O–H groups in total. The van der Waals surface area contributed by atoms with Crippen LogP contribution in [0.2, 0.25) is 0 Å². The van der Waals surface area contributed by atoms with Crippen LogP contribution in [0.4, 0.5) is 10.5 Å². The smallest absolute Gasteiger partial charge is 0.312 e. The fourth-order valence-corrected chi connectivity index (χ4v) is 14.3. The number of ketones is 3. The molecule has 0 saturated carbocycles. The number of methoxy groups -OCH3 is 2. The third kappa shape index (κ3) is 26.3. The van der Waals surface area contributed by atoms with E-state index >= 15 is 0 Å². The summed E-state index contributed by atoms with van der Waals surface area (Å²) in [5.41, 5.74) is 7.26. The van der Waals surface area contributed by atoms with Gasteiger partial charge in [-0.3, -0.25) is 52.8 Å². The van der Waals surface area contributed by atoms with Crippen LogP contribution in [0.25, 0.3) is 0 Å². The number of anilines is 1. The molecule has 25 nitrogen and oxygen atoms in total. The van der Waals surface area contributed by atoms with E-state index in [0.29, 0.717) is 62.9 Å². The largest absolute Gasteiger partial charge is 0.379 e. The number of rotatable bonds is 44. The zero-order chi connectivity index (χ0) is 74.5. The summed E-state index contributed by atoms with van der Waals surface area (Å²) >= 11 is 0. The number of hydrogen-bond donors (Lipinski definition) is 6. The maximum atomic E-state index is 14.7. The van der Waals surface area contributed by atoms with Crippen molar-refractivity contribution < 1.29 is 71.7 Å². The third-order valence-electron chi connectivity index (χ3n) is 20.1. The molecule has 0 spiro atoms. The number of ether oxygens (including phenoxy) is 4. The van der Waals surface area contributed by atoms with E-state index in [1.807, 2.05) is 97.8 Å². The Labute approximate surface area is 594 Å². The summed E-state index contributed by atoms with van der Waals surface area (Å²) in [6.07, 6.45) is 2.19. The second-order valence-corrected chi connectivity index (χ2v) is 28.7. The van der Waals surface area contributed by atoms with Gasteiger partial charge in [-0.2, -0.15) is 0 Å². The minimum Gasteiger partial charge on any atom is -0.379 e. The monoisotopic (exact) mass is 1400 g/mol. The zero-order valence-corrected chi connectivity index (χ0v) is 62.6. The number of amides is 9. The highest BCUT2D eigenvalue weighted by atomic mass is 16.5. The zero-order valence-electron chi connectivity index (χ0n) is 62.6. The van der Waals surface area contributed by atoms with Crippen molar-refractivity contribution >= 4 is 70.4 Å². The molecule has 0 aliphatic carbocycles. The Kier molecular flexibility index (Phi) is 36.6. The molecule has 2 aromatic rings. The van der Waals surface area contributed by atoms with Crippen molar-refractivity contribution in [1.29, 1.82) is 0 Å². The van der Waals surface area contributed by atoms with Crippen LogP contribution in [-0.4, -0.2) is 215 Å². The number of benzene rings is 2. The van der Waals surface area contributed by atoms with Gasteiger partial charge in [0.25, 0.3) is 0 Å². The van der Waals surface area contributed by atoms with E-state index in [4.69, 9.17) is 24.7 Å². The second-order valence-electron chi connectivity index (χ2n) is 28.7. The second kappa shape index (κ2) is 42.9. The molecule has 2 fully saturated rings. The first-order chi connectivity index (χ1) is 47.4. The topological polar surface area (TPSA) is 324 Å². The number of likely N-dealkylation sites (N-methyl/N-ethyl adjacent to an activating group) is 2. The molecule has 4 rings (SSSR count). The summed E-state index contributed by atoms with van der Waals surface area (Å²) in [5.74, 6) is -6.14. The first-order valence-electron chi connectivity index (χ1n) is 36.0. The summed E-state index contributed by atoms with van der Waals surface area (Å²) in [5, 5.41) is 13.9. The molecule has 2 aliphatic heterocycles. The van der Waals surface area contributed by atoms with E-state index in [1.165, 1.54) is 7.11 Å². The van der Waals surface area contributed by atoms with Gasteiger partial charge >= 0.3 is 6.03 Å². The minimum atomic E-state index is -0.963. The molecule has 25 heteroatoms. The third-order valence-corrected chi connectivity index (χ3v) is 20.1. The predicted octanol–water partition coefficient (Wildman–Crippen LogP) is 6.37. The highest BCUT2D eigenvalue weighted by Gasteiger charge is 2.44. The number of carbonyl (C=O) groups is 11. The number of primary amides is 1. The molecule has 2 aromatic carbocycles. The molecule has 0 radical (unpaired) electrons. The Bertz CT molecular complexity index is 2960. The normalized spacial score (nSPS) is 18.6. The van der Waals surface area contributed by atoms with Crippen molar-refractivity contribution in [2.45, 2.75) is 195 Å². The average Bonchev–Trinajstić information content (AvgIpc) is 1.49. The van der Waals surface area contributed by atoms with E-state index in [-0.39, 0.29) is 167 Å². The lowest BCUT2D eigenvalue weighted by Crippen LogP contribution is -2.54. The molecule has 2 saturated heterocycles. The average molecular weight is 1400 g/mol. The van der Waals surface area contributed by atoms with Gasteiger partial charge in [-0.15, -0.1) is 0 Å². The Morgan fingerprint density at radius 2 is 1.33 bits per heavy atom. The number of urea groups is 1. The van der Waals surface area contributed by atoms with Gasteiger partial charge in [0.2, 0.25) is 41.4 Å². The quantitative estimate of drug-likeness (QED) is 0.0393. The highest BCUT2D eigenvalue weighted by Crippen LogP contribution is 2.33. The lowest BCUT2D eigenvalue weighted by Gasteiger charge is -2.41. The molecular weight excluding hydrogens is 1280 g/mol. The van der Waals surface area contributed by atoms with Crippen LogP contribution in [0.5, 0.6) is 0 Å². The molecule has 2 unspecified atom stereocenters. The van der Waals surface area contributed by atoms with Gasteiger partial charge in [0.05, 0.1) is 56.0 Å². The van der Waals surface area contributed by atoms with Crippen molar-refractivity contribution in [3.8, 4) is 0 Å². The number of likely N-dealkylation sites (tertiary alicyclic amines) is 2. The fraction of sp³-hybridized carbons (Fsp3) is 0.693. The van der Waals surface area contributed by atoms with Crippen molar-refractivity contribution in [1.82, 2.24) is 40.9 Å². The molecule has 2 heterocycles. The van der Waals surface area contributed by atoms with Gasteiger partial charge in [0.1, 0.15) is 19.0 Å². The van der Waals surface area contributed by atoms with Crippen molar-refractivity contribution in [3.63, 3.8) is 0 Å². The van der Waals surface area contributed by atoms with E-state index in [2.05, 4.69) is 26.6 Å². The summed E-state index contributed by atoms with van der Waals surface area (Å²) in [6, 6.07) is 13.1.